The lowest BCUT2D eigenvalue weighted by Gasteiger charge is -2.31. The summed E-state index contributed by atoms with van der Waals surface area (Å²) in [5.74, 6) is 1.97. The number of aromatic nitrogens is 3. The first kappa shape index (κ1) is 28.4. The van der Waals surface area contributed by atoms with Gasteiger partial charge in [-0.15, -0.1) is 0 Å². The van der Waals surface area contributed by atoms with Crippen molar-refractivity contribution in [2.45, 2.75) is 52.0 Å². The summed E-state index contributed by atoms with van der Waals surface area (Å²) in [6, 6.07) is 15.3. The van der Waals surface area contributed by atoms with E-state index in [2.05, 4.69) is 27.5 Å². The molecule has 1 unspecified atom stereocenters. The summed E-state index contributed by atoms with van der Waals surface area (Å²) in [6.45, 7) is 5.05. The number of hydrogen-bond acceptors (Lipinski definition) is 7. The number of carboxylic acid groups (broad SMARTS) is 1. The first-order valence-electron chi connectivity index (χ1n) is 14.9. The molecule has 1 aliphatic heterocycles. The normalized spacial score (nSPS) is 20.1. The average molecular weight is 581 g/mol. The van der Waals surface area contributed by atoms with E-state index in [0.717, 1.165) is 54.1 Å². The Balaban J connectivity index is 1.27. The Labute approximate surface area is 250 Å². The second-order valence-corrected chi connectivity index (χ2v) is 11.6. The number of hydrogen-bond donors (Lipinski definition) is 3. The molecule has 222 valence electrons. The first-order chi connectivity index (χ1) is 20.9. The zero-order chi connectivity index (χ0) is 29.9. The summed E-state index contributed by atoms with van der Waals surface area (Å²) in [5.41, 5.74) is 3.02. The number of benzene rings is 2. The van der Waals surface area contributed by atoms with Gasteiger partial charge in [0.05, 0.1) is 11.3 Å². The van der Waals surface area contributed by atoms with E-state index in [1.165, 1.54) is 4.90 Å². The van der Waals surface area contributed by atoms with Gasteiger partial charge in [0.25, 0.3) is 0 Å². The summed E-state index contributed by atoms with van der Waals surface area (Å²) in [6.07, 6.45) is 7.15. The fourth-order valence-electron chi connectivity index (χ4n) is 6.24. The van der Waals surface area contributed by atoms with Gasteiger partial charge in [-0.2, -0.15) is 0 Å². The van der Waals surface area contributed by atoms with E-state index < -0.39 is 6.09 Å². The van der Waals surface area contributed by atoms with Crippen LogP contribution in [0.2, 0.25) is 0 Å². The number of piperidine rings is 1. The molecule has 1 aliphatic carbocycles. The third-order valence-corrected chi connectivity index (χ3v) is 8.59. The van der Waals surface area contributed by atoms with Crippen molar-refractivity contribution < 1.29 is 19.4 Å². The predicted molar refractivity (Wildman–Crippen MR) is 165 cm³/mol. The number of fused-ring (bicyclic) bond motifs is 1. The third kappa shape index (κ3) is 6.09. The van der Waals surface area contributed by atoms with Gasteiger partial charge in [-0.1, -0.05) is 37.6 Å². The van der Waals surface area contributed by atoms with Crippen LogP contribution in [0.15, 0.2) is 60.9 Å². The van der Waals surface area contributed by atoms with Crippen molar-refractivity contribution in [1.29, 1.82) is 0 Å². The third-order valence-electron chi connectivity index (χ3n) is 8.59. The van der Waals surface area contributed by atoms with Crippen molar-refractivity contribution in [3.05, 3.63) is 66.5 Å². The van der Waals surface area contributed by atoms with Crippen LogP contribution in [0.25, 0.3) is 22.0 Å². The molecular formula is C33H36N6O4. The minimum atomic E-state index is -0.917. The number of amides is 2. The Morgan fingerprint density at radius 2 is 1.86 bits per heavy atom. The maximum Gasteiger partial charge on any atom is 0.407 e. The van der Waals surface area contributed by atoms with Gasteiger partial charge in [-0.05, 0) is 68.4 Å². The molecule has 6 rings (SSSR count). The van der Waals surface area contributed by atoms with Crippen LogP contribution in [-0.4, -0.2) is 56.1 Å². The second kappa shape index (κ2) is 12.2. The summed E-state index contributed by atoms with van der Waals surface area (Å²) in [4.78, 5) is 39.6. The number of pyridine rings is 1. The Morgan fingerprint density at radius 1 is 0.977 bits per heavy atom. The molecule has 4 aromatic rings. The number of aryl methyl sites for hydroxylation is 1. The minimum Gasteiger partial charge on any atom is -0.465 e. The lowest BCUT2D eigenvalue weighted by atomic mass is 9.97. The van der Waals surface area contributed by atoms with Gasteiger partial charge >= 0.3 is 6.09 Å². The molecule has 3 heterocycles. The quantitative estimate of drug-likeness (QED) is 0.220. The summed E-state index contributed by atoms with van der Waals surface area (Å²) in [5, 5.41) is 17.6. The fourth-order valence-corrected chi connectivity index (χ4v) is 6.24. The van der Waals surface area contributed by atoms with E-state index in [0.29, 0.717) is 47.8 Å². The van der Waals surface area contributed by atoms with Crippen molar-refractivity contribution >= 4 is 34.4 Å². The summed E-state index contributed by atoms with van der Waals surface area (Å²) >= 11 is 0. The van der Waals surface area contributed by atoms with Gasteiger partial charge in [0.15, 0.2) is 0 Å². The van der Waals surface area contributed by atoms with Crippen LogP contribution >= 0.6 is 0 Å². The van der Waals surface area contributed by atoms with Crippen molar-refractivity contribution in [3.8, 4) is 22.9 Å². The SMILES string of the molecule is Cc1ccc2c(NC(=O)[C@@H]3CCCC3C)cccc2c1Oc1ncccc1-c1ccnc(N[C@H]2CCCN(C(=O)O)C2)n1. The molecule has 10 nitrogen and oxygen atoms in total. The minimum absolute atomic E-state index is 0.0361. The molecular weight excluding hydrogens is 544 g/mol. The monoisotopic (exact) mass is 580 g/mol. The van der Waals surface area contributed by atoms with E-state index in [1.54, 1.807) is 18.5 Å². The summed E-state index contributed by atoms with van der Waals surface area (Å²) in [7, 11) is 0. The zero-order valence-electron chi connectivity index (χ0n) is 24.4. The van der Waals surface area contributed by atoms with Crippen molar-refractivity contribution in [1.82, 2.24) is 19.9 Å². The number of likely N-dealkylation sites (tertiary alicyclic amines) is 1. The predicted octanol–water partition coefficient (Wildman–Crippen LogP) is 6.72. The van der Waals surface area contributed by atoms with Crippen molar-refractivity contribution in [2.24, 2.45) is 11.8 Å². The van der Waals surface area contributed by atoms with Crippen LogP contribution in [0.5, 0.6) is 11.6 Å². The number of rotatable bonds is 7. The molecule has 43 heavy (non-hydrogen) atoms. The number of ether oxygens (including phenoxy) is 1. The number of nitrogens with one attached hydrogen (secondary N) is 2. The average Bonchev–Trinajstić information content (AvgIpc) is 3.45. The highest BCUT2D eigenvalue weighted by atomic mass is 16.5. The fraction of sp³-hybridized carbons (Fsp3) is 0.364. The smallest absolute Gasteiger partial charge is 0.407 e. The molecule has 2 amide bonds. The van der Waals surface area contributed by atoms with Crippen LogP contribution < -0.4 is 15.4 Å². The van der Waals surface area contributed by atoms with E-state index >= 15 is 0 Å². The molecule has 2 aromatic carbocycles. The molecule has 2 fully saturated rings. The van der Waals surface area contributed by atoms with Crippen LogP contribution in [0.3, 0.4) is 0 Å². The number of carbonyl (C=O) groups excluding carboxylic acids is 1. The highest BCUT2D eigenvalue weighted by Gasteiger charge is 2.30. The molecule has 2 aliphatic rings. The highest BCUT2D eigenvalue weighted by molar-refractivity contribution is 6.05. The number of nitrogens with zero attached hydrogens (tertiary/aromatic N) is 4. The van der Waals surface area contributed by atoms with Gasteiger partial charge in [-0.3, -0.25) is 4.79 Å². The standard InChI is InChI=1S/C33H36N6O4/c1-20-7-3-9-23(20)30(40)37-27-12-4-10-25-24(27)14-13-21(2)29(25)43-31-26(11-5-16-34-31)28-15-17-35-32(38-28)36-22-8-6-18-39(19-22)33(41)42/h4-5,10-17,20,22-23H,3,6-9,18-19H2,1-2H3,(H,37,40)(H,41,42)(H,35,36,38)/t20?,22-,23+/m0/s1. The van der Waals surface area contributed by atoms with Crippen molar-refractivity contribution in [2.75, 3.05) is 23.7 Å². The van der Waals surface area contributed by atoms with Crippen LogP contribution in [-0.2, 0) is 4.79 Å². The molecule has 10 heteroatoms. The Morgan fingerprint density at radius 3 is 2.67 bits per heavy atom. The van der Waals surface area contributed by atoms with Gasteiger partial charge in [-0.25, -0.2) is 19.7 Å². The van der Waals surface area contributed by atoms with Gasteiger partial charge in [0.1, 0.15) is 5.75 Å². The summed E-state index contributed by atoms with van der Waals surface area (Å²) < 4.78 is 6.54. The Bertz CT molecular complexity index is 1660. The molecule has 0 radical (unpaired) electrons. The maximum absolute atomic E-state index is 13.1. The molecule has 0 spiro atoms. The number of anilines is 2. The Kier molecular flexibility index (Phi) is 8.09. The first-order valence-corrected chi connectivity index (χ1v) is 14.9. The zero-order valence-corrected chi connectivity index (χ0v) is 24.4. The number of carbonyl (C=O) groups is 2. The molecule has 3 N–H and O–H groups in total. The molecule has 0 bridgehead atoms. The van der Waals surface area contributed by atoms with E-state index in [-0.39, 0.29) is 17.9 Å². The molecule has 1 saturated carbocycles. The molecule has 3 atom stereocenters. The molecule has 2 aromatic heterocycles. The Hall–Kier alpha value is -4.73. The van der Waals surface area contributed by atoms with E-state index in [4.69, 9.17) is 9.72 Å². The topological polar surface area (TPSA) is 130 Å². The second-order valence-electron chi connectivity index (χ2n) is 11.6. The van der Waals surface area contributed by atoms with Crippen LogP contribution in [0, 0.1) is 18.8 Å². The van der Waals surface area contributed by atoms with Gasteiger partial charge in [0, 0.05) is 53.9 Å². The lowest BCUT2D eigenvalue weighted by molar-refractivity contribution is -0.120. The maximum atomic E-state index is 13.1. The molecule has 1 saturated heterocycles. The van der Waals surface area contributed by atoms with Gasteiger partial charge in [0.2, 0.25) is 17.7 Å². The van der Waals surface area contributed by atoms with Crippen LogP contribution in [0.1, 0.15) is 44.6 Å². The van der Waals surface area contributed by atoms with E-state index in [9.17, 15) is 14.7 Å². The van der Waals surface area contributed by atoms with E-state index in [1.807, 2.05) is 49.4 Å². The van der Waals surface area contributed by atoms with Crippen LogP contribution in [0.4, 0.5) is 16.4 Å². The van der Waals surface area contributed by atoms with Gasteiger partial charge < -0.3 is 25.4 Å². The highest BCUT2D eigenvalue weighted by Crippen LogP contribution is 2.39. The van der Waals surface area contributed by atoms with Crippen molar-refractivity contribution in [3.63, 3.8) is 0 Å². The lowest BCUT2D eigenvalue weighted by Crippen LogP contribution is -2.44. The largest absolute Gasteiger partial charge is 0.465 e.